The molecule has 0 spiro atoms. The third-order valence-corrected chi connectivity index (χ3v) is 3.70. The Morgan fingerprint density at radius 3 is 2.52 bits per heavy atom. The fourth-order valence-electron chi connectivity index (χ4n) is 2.12. The van der Waals surface area contributed by atoms with Crippen LogP contribution in [0.15, 0.2) is 72.4 Å². The second-order valence-corrected chi connectivity index (χ2v) is 5.64. The second-order valence-electron chi connectivity index (χ2n) is 5.20. The van der Waals surface area contributed by atoms with Gasteiger partial charge in [-0.2, -0.15) is 0 Å². The fourth-order valence-corrected chi connectivity index (χ4v) is 2.25. The number of nitrogens with zero attached hydrogens (tertiary/aromatic N) is 3. The molecule has 3 aromatic rings. The number of amides is 1. The van der Waals surface area contributed by atoms with E-state index in [0.29, 0.717) is 16.4 Å². The van der Waals surface area contributed by atoms with Crippen molar-refractivity contribution in [3.05, 3.63) is 77.8 Å². The van der Waals surface area contributed by atoms with E-state index in [2.05, 4.69) is 15.5 Å². The predicted molar refractivity (Wildman–Crippen MR) is 97.3 cm³/mol. The molecule has 1 N–H and O–H groups in total. The summed E-state index contributed by atoms with van der Waals surface area (Å²) >= 11 is 5.79. The summed E-state index contributed by atoms with van der Waals surface area (Å²) in [5.74, 6) is 0. The zero-order chi connectivity index (χ0) is 17.6. The van der Waals surface area contributed by atoms with E-state index in [-0.39, 0.29) is 0 Å². The summed E-state index contributed by atoms with van der Waals surface area (Å²) in [5, 5.41) is 7.02. The van der Waals surface area contributed by atoms with Crippen molar-refractivity contribution in [2.45, 2.75) is 6.92 Å². The molecule has 0 saturated carbocycles. The van der Waals surface area contributed by atoms with Crippen LogP contribution in [-0.4, -0.2) is 21.4 Å². The number of imidazole rings is 1. The van der Waals surface area contributed by atoms with Crippen molar-refractivity contribution in [2.75, 3.05) is 5.32 Å². The number of carbonyl (C=O) groups is 1. The number of benzene rings is 2. The predicted octanol–water partition coefficient (Wildman–Crippen LogP) is 4.50. The van der Waals surface area contributed by atoms with Gasteiger partial charge in [0.2, 0.25) is 0 Å². The van der Waals surface area contributed by atoms with Crippen LogP contribution >= 0.6 is 11.6 Å². The van der Waals surface area contributed by atoms with Gasteiger partial charge in [0, 0.05) is 28.8 Å². The monoisotopic (exact) mass is 354 g/mol. The number of nitrogens with one attached hydrogen (secondary N) is 1. The average molecular weight is 355 g/mol. The number of anilines is 1. The Bertz CT molecular complexity index is 872. The third kappa shape index (κ3) is 4.45. The van der Waals surface area contributed by atoms with Crippen LogP contribution in [0.2, 0.25) is 5.02 Å². The molecule has 1 aromatic heterocycles. The molecule has 2 aromatic carbocycles. The summed E-state index contributed by atoms with van der Waals surface area (Å²) in [7, 11) is 0. The van der Waals surface area contributed by atoms with Crippen molar-refractivity contribution in [2.24, 2.45) is 5.16 Å². The molecule has 0 fully saturated rings. The highest BCUT2D eigenvalue weighted by Gasteiger charge is 2.05. The maximum atomic E-state index is 11.8. The first kappa shape index (κ1) is 16.7. The lowest BCUT2D eigenvalue weighted by molar-refractivity contribution is 0.166. The van der Waals surface area contributed by atoms with E-state index < -0.39 is 6.09 Å². The van der Waals surface area contributed by atoms with Crippen molar-refractivity contribution in [1.82, 2.24) is 9.55 Å². The number of oxime groups is 1. The number of halogens is 1. The van der Waals surface area contributed by atoms with Crippen LogP contribution in [0, 0.1) is 0 Å². The van der Waals surface area contributed by atoms with Crippen LogP contribution in [0.1, 0.15) is 12.5 Å². The Hall–Kier alpha value is -3.12. The zero-order valence-electron chi connectivity index (χ0n) is 13.4. The Kier molecular flexibility index (Phi) is 5.11. The second kappa shape index (κ2) is 7.63. The van der Waals surface area contributed by atoms with E-state index in [1.165, 1.54) is 0 Å². The number of aromatic nitrogens is 2. The standard InChI is InChI=1S/C18H15ClN4O2/c1-13(14-2-8-17(9-3-14)23-11-10-20-12-23)22-25-18(24)21-16-6-4-15(19)5-7-16/h2-12H,1H3,(H,21,24). The minimum absolute atomic E-state index is 0.576. The SMILES string of the molecule is CC(=NOC(=O)Nc1ccc(Cl)cc1)c1ccc(-n2ccnc2)cc1. The van der Waals surface area contributed by atoms with Crippen LogP contribution in [-0.2, 0) is 4.84 Å². The Morgan fingerprint density at radius 2 is 1.88 bits per heavy atom. The van der Waals surface area contributed by atoms with E-state index in [9.17, 15) is 4.79 Å². The molecule has 0 saturated heterocycles. The number of hydrogen-bond donors (Lipinski definition) is 1. The van der Waals surface area contributed by atoms with Crippen molar-refractivity contribution < 1.29 is 9.63 Å². The van der Waals surface area contributed by atoms with Gasteiger partial charge in [-0.15, -0.1) is 0 Å². The number of rotatable bonds is 4. The van der Waals surface area contributed by atoms with Crippen LogP contribution in [0.3, 0.4) is 0 Å². The Morgan fingerprint density at radius 1 is 1.16 bits per heavy atom. The molecule has 0 unspecified atom stereocenters. The first-order valence-electron chi connectivity index (χ1n) is 7.49. The first-order chi connectivity index (χ1) is 12.1. The highest BCUT2D eigenvalue weighted by molar-refractivity contribution is 6.30. The summed E-state index contributed by atoms with van der Waals surface area (Å²) in [6, 6.07) is 14.4. The van der Waals surface area contributed by atoms with Gasteiger partial charge in [0.25, 0.3) is 0 Å². The molecule has 25 heavy (non-hydrogen) atoms. The zero-order valence-corrected chi connectivity index (χ0v) is 14.1. The van der Waals surface area contributed by atoms with Crippen LogP contribution in [0.5, 0.6) is 0 Å². The fraction of sp³-hybridized carbons (Fsp3) is 0.0556. The van der Waals surface area contributed by atoms with Gasteiger partial charge in [-0.1, -0.05) is 28.9 Å². The summed E-state index contributed by atoms with van der Waals surface area (Å²) in [5.41, 5.74) is 2.99. The third-order valence-electron chi connectivity index (χ3n) is 3.44. The van der Waals surface area contributed by atoms with Crippen molar-refractivity contribution in [3.63, 3.8) is 0 Å². The van der Waals surface area contributed by atoms with E-state index in [1.807, 2.05) is 35.0 Å². The average Bonchev–Trinajstić information content (AvgIpc) is 3.16. The molecule has 1 amide bonds. The molecular weight excluding hydrogens is 340 g/mol. The smallest absolute Gasteiger partial charge is 0.306 e. The molecule has 7 heteroatoms. The summed E-state index contributed by atoms with van der Waals surface area (Å²) < 4.78 is 1.90. The highest BCUT2D eigenvalue weighted by Crippen LogP contribution is 2.14. The van der Waals surface area contributed by atoms with Crippen LogP contribution in [0.25, 0.3) is 5.69 Å². The number of hydrogen-bond acceptors (Lipinski definition) is 4. The van der Waals surface area contributed by atoms with E-state index in [1.54, 1.807) is 43.7 Å². The molecular formula is C18H15ClN4O2. The van der Waals surface area contributed by atoms with Gasteiger partial charge in [-0.05, 0) is 48.9 Å². The molecule has 0 aliphatic heterocycles. The lowest BCUT2D eigenvalue weighted by Crippen LogP contribution is -2.11. The molecule has 3 rings (SSSR count). The molecule has 0 radical (unpaired) electrons. The van der Waals surface area contributed by atoms with Gasteiger partial charge in [0.05, 0.1) is 12.0 Å². The topological polar surface area (TPSA) is 68.5 Å². The van der Waals surface area contributed by atoms with Gasteiger partial charge >= 0.3 is 6.09 Å². The summed E-state index contributed by atoms with van der Waals surface area (Å²) in [6.07, 6.45) is 4.63. The van der Waals surface area contributed by atoms with Crippen LogP contribution in [0.4, 0.5) is 10.5 Å². The maximum Gasteiger partial charge on any atom is 0.437 e. The van der Waals surface area contributed by atoms with Crippen molar-refractivity contribution >= 4 is 29.1 Å². The molecule has 1 heterocycles. The highest BCUT2D eigenvalue weighted by atomic mass is 35.5. The minimum Gasteiger partial charge on any atom is -0.306 e. The van der Waals surface area contributed by atoms with E-state index in [4.69, 9.17) is 16.4 Å². The van der Waals surface area contributed by atoms with Gasteiger partial charge in [-0.3, -0.25) is 10.2 Å². The van der Waals surface area contributed by atoms with E-state index >= 15 is 0 Å². The molecule has 0 bridgehead atoms. The first-order valence-corrected chi connectivity index (χ1v) is 7.86. The van der Waals surface area contributed by atoms with Gasteiger partial charge in [0.1, 0.15) is 0 Å². The summed E-state index contributed by atoms with van der Waals surface area (Å²) in [4.78, 5) is 20.7. The molecule has 6 nitrogen and oxygen atoms in total. The quantitative estimate of drug-likeness (QED) is 0.426. The molecule has 0 aliphatic carbocycles. The van der Waals surface area contributed by atoms with E-state index in [0.717, 1.165) is 11.3 Å². The maximum absolute atomic E-state index is 11.8. The molecule has 0 atom stereocenters. The lowest BCUT2D eigenvalue weighted by atomic mass is 10.1. The molecule has 0 aliphatic rings. The summed E-state index contributed by atoms with van der Waals surface area (Å²) in [6.45, 7) is 1.77. The normalized spacial score (nSPS) is 11.2. The minimum atomic E-state index is -0.670. The largest absolute Gasteiger partial charge is 0.437 e. The number of carbonyl (C=O) groups excluding carboxylic acids is 1. The Balaban J connectivity index is 1.61. The van der Waals surface area contributed by atoms with Crippen molar-refractivity contribution in [3.8, 4) is 5.69 Å². The van der Waals surface area contributed by atoms with Gasteiger partial charge < -0.3 is 4.57 Å². The van der Waals surface area contributed by atoms with Crippen LogP contribution < -0.4 is 5.32 Å². The Labute approximate surface area is 149 Å². The van der Waals surface area contributed by atoms with Crippen molar-refractivity contribution in [1.29, 1.82) is 0 Å². The lowest BCUT2D eigenvalue weighted by Gasteiger charge is -2.05. The molecule has 126 valence electrons. The van der Waals surface area contributed by atoms with Gasteiger partial charge in [0.15, 0.2) is 0 Å². The van der Waals surface area contributed by atoms with Gasteiger partial charge in [-0.25, -0.2) is 9.78 Å².